The van der Waals surface area contributed by atoms with E-state index in [1.807, 2.05) is 4.90 Å². The topological polar surface area (TPSA) is 37.3 Å². The number of fused-ring (bicyclic) bond motifs is 1. The van der Waals surface area contributed by atoms with Gasteiger partial charge in [-0.15, -0.1) is 0 Å². The summed E-state index contributed by atoms with van der Waals surface area (Å²) in [7, 11) is 0. The fourth-order valence-corrected chi connectivity index (χ4v) is 2.55. The molecular formula is C14H23N3O. The predicted molar refractivity (Wildman–Crippen MR) is 72.4 cm³/mol. The van der Waals surface area contributed by atoms with E-state index >= 15 is 0 Å². The van der Waals surface area contributed by atoms with Crippen LogP contribution in [0.25, 0.3) is 0 Å². The molecule has 0 bridgehead atoms. The van der Waals surface area contributed by atoms with Crippen molar-refractivity contribution >= 4 is 5.91 Å². The van der Waals surface area contributed by atoms with E-state index in [0.717, 1.165) is 13.1 Å². The quantitative estimate of drug-likeness (QED) is 0.885. The minimum absolute atomic E-state index is 0.175. The molecule has 0 radical (unpaired) electrons. The maximum absolute atomic E-state index is 12.2. The molecule has 0 fully saturated rings. The van der Waals surface area contributed by atoms with Gasteiger partial charge < -0.3 is 14.8 Å². The van der Waals surface area contributed by atoms with Gasteiger partial charge in [0.2, 0.25) is 5.91 Å². The van der Waals surface area contributed by atoms with Gasteiger partial charge in [0.15, 0.2) is 0 Å². The van der Waals surface area contributed by atoms with Gasteiger partial charge in [-0.1, -0.05) is 13.8 Å². The van der Waals surface area contributed by atoms with Crippen LogP contribution in [0.15, 0.2) is 12.1 Å². The highest BCUT2D eigenvalue weighted by molar-refractivity contribution is 5.78. The molecule has 0 aromatic carbocycles. The molecule has 1 aliphatic rings. The van der Waals surface area contributed by atoms with Crippen LogP contribution >= 0.6 is 0 Å². The summed E-state index contributed by atoms with van der Waals surface area (Å²) in [5.74, 6) is 0.196. The maximum Gasteiger partial charge on any atom is 0.237 e. The second-order valence-electron chi connectivity index (χ2n) is 5.35. The Morgan fingerprint density at radius 2 is 2.17 bits per heavy atom. The molecule has 0 saturated heterocycles. The van der Waals surface area contributed by atoms with Crippen LogP contribution in [0.5, 0.6) is 0 Å². The molecule has 4 heteroatoms. The summed E-state index contributed by atoms with van der Waals surface area (Å²) < 4.78 is 2.31. The smallest absolute Gasteiger partial charge is 0.237 e. The fourth-order valence-electron chi connectivity index (χ4n) is 2.55. The van der Waals surface area contributed by atoms with Crippen LogP contribution in [-0.2, 0) is 11.3 Å². The zero-order valence-corrected chi connectivity index (χ0v) is 11.7. The van der Waals surface area contributed by atoms with E-state index in [1.165, 1.54) is 11.4 Å². The van der Waals surface area contributed by atoms with Crippen molar-refractivity contribution in [3.05, 3.63) is 23.5 Å². The van der Waals surface area contributed by atoms with E-state index in [9.17, 15) is 4.79 Å². The van der Waals surface area contributed by atoms with Crippen molar-refractivity contribution in [3.8, 4) is 0 Å². The van der Waals surface area contributed by atoms with Crippen LogP contribution in [0.4, 0.5) is 0 Å². The lowest BCUT2D eigenvalue weighted by atomic mass is 10.1. The van der Waals surface area contributed by atoms with Gasteiger partial charge >= 0.3 is 0 Å². The maximum atomic E-state index is 12.2. The van der Waals surface area contributed by atoms with Crippen LogP contribution in [0.1, 0.15) is 38.2 Å². The molecule has 4 nitrogen and oxygen atoms in total. The van der Waals surface area contributed by atoms with E-state index in [1.54, 1.807) is 0 Å². The van der Waals surface area contributed by atoms with Gasteiger partial charge in [0.25, 0.3) is 0 Å². The first-order chi connectivity index (χ1) is 8.50. The van der Waals surface area contributed by atoms with Crippen molar-refractivity contribution in [1.82, 2.24) is 14.8 Å². The number of amides is 1. The Hall–Kier alpha value is -1.29. The Labute approximate surface area is 109 Å². The van der Waals surface area contributed by atoms with Crippen LogP contribution in [0, 0.1) is 6.92 Å². The largest absolute Gasteiger partial charge is 0.345 e. The Kier molecular flexibility index (Phi) is 3.76. The summed E-state index contributed by atoms with van der Waals surface area (Å²) in [6.45, 7) is 10.5. The Balaban J connectivity index is 2.07. The lowest BCUT2D eigenvalue weighted by molar-refractivity contribution is -0.133. The molecular weight excluding hydrogens is 226 g/mol. The summed E-state index contributed by atoms with van der Waals surface area (Å²) in [4.78, 5) is 14.2. The van der Waals surface area contributed by atoms with Crippen LogP contribution in [0.2, 0.25) is 0 Å². The number of aromatic nitrogens is 1. The van der Waals surface area contributed by atoms with E-state index in [-0.39, 0.29) is 11.9 Å². The third-order valence-electron chi connectivity index (χ3n) is 3.67. The fraction of sp³-hybridized carbons (Fsp3) is 0.643. The molecule has 1 aliphatic heterocycles. The number of nitrogens with one attached hydrogen (secondary N) is 1. The monoisotopic (exact) mass is 249 g/mol. The second kappa shape index (κ2) is 5.14. The third kappa shape index (κ3) is 2.43. The molecule has 1 aromatic heterocycles. The molecule has 0 spiro atoms. The summed E-state index contributed by atoms with van der Waals surface area (Å²) >= 11 is 0. The standard InChI is InChI=1S/C14H23N3O/c1-10(2)15-9-14(18)17-8-7-16-11(3)5-6-13(16)12(17)4/h5-6,10,12,15H,7-9H2,1-4H3. The van der Waals surface area contributed by atoms with Gasteiger partial charge in [0.1, 0.15) is 0 Å². The number of nitrogens with zero attached hydrogens (tertiary/aromatic N) is 2. The summed E-state index contributed by atoms with van der Waals surface area (Å²) in [5, 5.41) is 3.19. The van der Waals surface area contributed by atoms with Gasteiger partial charge in [0.05, 0.1) is 12.6 Å². The molecule has 2 rings (SSSR count). The Morgan fingerprint density at radius 3 is 2.83 bits per heavy atom. The lowest BCUT2D eigenvalue weighted by Gasteiger charge is -2.35. The summed E-state index contributed by atoms with van der Waals surface area (Å²) in [6.07, 6.45) is 0. The molecule has 1 N–H and O–H groups in total. The lowest BCUT2D eigenvalue weighted by Crippen LogP contribution is -2.45. The average molecular weight is 249 g/mol. The van der Waals surface area contributed by atoms with Crippen molar-refractivity contribution in [2.24, 2.45) is 0 Å². The van der Waals surface area contributed by atoms with Gasteiger partial charge in [-0.25, -0.2) is 0 Å². The number of aryl methyl sites for hydroxylation is 1. The van der Waals surface area contributed by atoms with Crippen LogP contribution < -0.4 is 5.32 Å². The minimum atomic E-state index is 0.175. The summed E-state index contributed by atoms with van der Waals surface area (Å²) in [6, 6.07) is 4.79. The van der Waals surface area contributed by atoms with E-state index in [0.29, 0.717) is 12.6 Å². The van der Waals surface area contributed by atoms with E-state index < -0.39 is 0 Å². The molecule has 0 aliphatic carbocycles. The van der Waals surface area contributed by atoms with E-state index in [2.05, 4.69) is 49.7 Å². The zero-order valence-electron chi connectivity index (χ0n) is 11.7. The van der Waals surface area contributed by atoms with Gasteiger partial charge in [-0.3, -0.25) is 4.79 Å². The Bertz CT molecular complexity index is 436. The van der Waals surface area contributed by atoms with E-state index in [4.69, 9.17) is 0 Å². The molecule has 18 heavy (non-hydrogen) atoms. The van der Waals surface area contributed by atoms with Crippen molar-refractivity contribution in [2.75, 3.05) is 13.1 Å². The molecule has 100 valence electrons. The van der Waals surface area contributed by atoms with Crippen molar-refractivity contribution in [3.63, 3.8) is 0 Å². The first kappa shape index (κ1) is 13.1. The SMILES string of the molecule is Cc1ccc2n1CCN(C(=O)CNC(C)C)C2C. The van der Waals surface area contributed by atoms with Crippen molar-refractivity contribution < 1.29 is 4.79 Å². The highest BCUT2D eigenvalue weighted by atomic mass is 16.2. The van der Waals surface area contributed by atoms with Crippen LogP contribution in [-0.4, -0.2) is 34.5 Å². The molecule has 1 atom stereocenters. The highest BCUT2D eigenvalue weighted by Gasteiger charge is 2.27. The van der Waals surface area contributed by atoms with Crippen molar-refractivity contribution in [1.29, 1.82) is 0 Å². The molecule has 0 saturated carbocycles. The van der Waals surface area contributed by atoms with Gasteiger partial charge in [0, 0.05) is 30.5 Å². The second-order valence-corrected chi connectivity index (χ2v) is 5.35. The highest BCUT2D eigenvalue weighted by Crippen LogP contribution is 2.26. The molecule has 2 heterocycles. The third-order valence-corrected chi connectivity index (χ3v) is 3.67. The normalized spacial score (nSPS) is 19.2. The first-order valence-corrected chi connectivity index (χ1v) is 6.69. The number of hydrogen-bond donors (Lipinski definition) is 1. The Morgan fingerprint density at radius 1 is 1.44 bits per heavy atom. The molecule has 1 unspecified atom stereocenters. The first-order valence-electron chi connectivity index (χ1n) is 6.69. The summed E-state index contributed by atoms with van der Waals surface area (Å²) in [5.41, 5.74) is 2.53. The molecule has 1 amide bonds. The predicted octanol–water partition coefficient (Wildman–Crippen LogP) is 1.70. The minimum Gasteiger partial charge on any atom is -0.345 e. The number of carbonyl (C=O) groups excluding carboxylic acids is 1. The molecule has 1 aromatic rings. The van der Waals surface area contributed by atoms with Gasteiger partial charge in [-0.2, -0.15) is 0 Å². The average Bonchev–Trinajstić information content (AvgIpc) is 2.69. The number of carbonyl (C=O) groups is 1. The number of hydrogen-bond acceptors (Lipinski definition) is 2. The zero-order chi connectivity index (χ0) is 13.3. The van der Waals surface area contributed by atoms with Crippen molar-refractivity contribution in [2.45, 2.75) is 46.3 Å². The van der Waals surface area contributed by atoms with Gasteiger partial charge in [-0.05, 0) is 26.0 Å². The number of rotatable bonds is 3. The van der Waals surface area contributed by atoms with Crippen LogP contribution in [0.3, 0.4) is 0 Å².